The van der Waals surface area contributed by atoms with Crippen molar-refractivity contribution in [1.29, 1.82) is 0 Å². The summed E-state index contributed by atoms with van der Waals surface area (Å²) in [4.78, 5) is 16.2. The lowest BCUT2D eigenvalue weighted by Crippen LogP contribution is -2.12. The Morgan fingerprint density at radius 2 is 1.41 bits per heavy atom. The van der Waals surface area contributed by atoms with Crippen LogP contribution in [0.5, 0.6) is 0 Å². The lowest BCUT2D eigenvalue weighted by molar-refractivity contribution is -0.116. The number of hydrogen-bond donors (Lipinski definition) is 2. The van der Waals surface area contributed by atoms with Gasteiger partial charge in [0.1, 0.15) is 0 Å². The molecule has 8 nitrogen and oxygen atoms in total. The van der Waals surface area contributed by atoms with Gasteiger partial charge in [0.05, 0.1) is 16.3 Å². The van der Waals surface area contributed by atoms with E-state index in [0.29, 0.717) is 22.9 Å². The molecule has 37 heavy (non-hydrogen) atoms. The van der Waals surface area contributed by atoms with E-state index in [4.69, 9.17) is 0 Å². The average molecular weight is 542 g/mol. The molecule has 1 amide bonds. The smallest absolute Gasteiger partial charge is 0.263 e. The van der Waals surface area contributed by atoms with Crippen LogP contribution in [0, 0.1) is 0 Å². The fourth-order valence-corrected chi connectivity index (χ4v) is 5.48. The van der Waals surface area contributed by atoms with Crippen molar-refractivity contribution in [2.45, 2.75) is 76.0 Å². The number of anilines is 2. The molecule has 0 bridgehead atoms. The third kappa shape index (κ3) is 10.4. The molecule has 0 atom stereocenters. The SMILES string of the molecule is CCCCCCCCCCCC(=O)Nc1ccc(N=Nc2ccc(S(=O)(=O)Nc3nccs3)cc2)cc1. The Bertz CT molecular complexity index is 1210. The highest BCUT2D eigenvalue weighted by molar-refractivity contribution is 7.93. The number of azo groups is 1. The number of benzene rings is 2. The van der Waals surface area contributed by atoms with Crippen molar-refractivity contribution >= 4 is 49.5 Å². The highest BCUT2D eigenvalue weighted by atomic mass is 32.2. The van der Waals surface area contributed by atoms with Crippen molar-refractivity contribution in [3.05, 3.63) is 60.1 Å². The predicted molar refractivity (Wildman–Crippen MR) is 150 cm³/mol. The summed E-state index contributed by atoms with van der Waals surface area (Å²) in [5.41, 5.74) is 1.87. The van der Waals surface area contributed by atoms with Crippen LogP contribution >= 0.6 is 11.3 Å². The van der Waals surface area contributed by atoms with Crippen molar-refractivity contribution < 1.29 is 13.2 Å². The number of aromatic nitrogens is 1. The number of rotatable bonds is 16. The molecule has 2 N–H and O–H groups in total. The van der Waals surface area contributed by atoms with E-state index in [9.17, 15) is 13.2 Å². The third-order valence-corrected chi connectivity index (χ3v) is 7.91. The van der Waals surface area contributed by atoms with Crippen LogP contribution in [0.4, 0.5) is 22.2 Å². The summed E-state index contributed by atoms with van der Waals surface area (Å²) in [6.45, 7) is 2.23. The first-order chi connectivity index (χ1) is 18.0. The number of sulfonamides is 1. The topological polar surface area (TPSA) is 113 Å². The monoisotopic (exact) mass is 541 g/mol. The minimum Gasteiger partial charge on any atom is -0.326 e. The zero-order valence-electron chi connectivity index (χ0n) is 21.2. The van der Waals surface area contributed by atoms with E-state index in [-0.39, 0.29) is 10.8 Å². The molecule has 3 rings (SSSR count). The molecule has 0 aliphatic carbocycles. The van der Waals surface area contributed by atoms with Gasteiger partial charge >= 0.3 is 0 Å². The fourth-order valence-electron chi connectivity index (χ4n) is 3.69. The van der Waals surface area contributed by atoms with Crippen LogP contribution in [-0.4, -0.2) is 19.3 Å². The number of hydrogen-bond acceptors (Lipinski definition) is 7. The first kappa shape index (κ1) is 28.5. The van der Waals surface area contributed by atoms with Crippen LogP contribution in [0.25, 0.3) is 0 Å². The highest BCUT2D eigenvalue weighted by Crippen LogP contribution is 2.23. The van der Waals surface area contributed by atoms with Crippen molar-refractivity contribution in [3.63, 3.8) is 0 Å². The van der Waals surface area contributed by atoms with Crippen molar-refractivity contribution in [2.24, 2.45) is 10.2 Å². The van der Waals surface area contributed by atoms with Gasteiger partial charge in [-0.05, 0) is 55.0 Å². The van der Waals surface area contributed by atoms with Crippen LogP contribution in [-0.2, 0) is 14.8 Å². The Balaban J connectivity index is 1.39. The van der Waals surface area contributed by atoms with Crippen LogP contribution < -0.4 is 10.0 Å². The Hall–Kier alpha value is -3.11. The van der Waals surface area contributed by atoms with E-state index in [1.54, 1.807) is 41.8 Å². The lowest BCUT2D eigenvalue weighted by atomic mass is 10.1. The summed E-state index contributed by atoms with van der Waals surface area (Å²) in [6.07, 6.45) is 13.1. The van der Waals surface area contributed by atoms with Gasteiger partial charge in [-0.3, -0.25) is 9.52 Å². The van der Waals surface area contributed by atoms with E-state index in [0.717, 1.165) is 18.5 Å². The molecule has 1 heterocycles. The number of amides is 1. The maximum atomic E-state index is 12.4. The first-order valence-electron chi connectivity index (χ1n) is 12.8. The van der Waals surface area contributed by atoms with Crippen LogP contribution in [0.3, 0.4) is 0 Å². The molecular formula is C27H35N5O3S2. The lowest BCUT2D eigenvalue weighted by Gasteiger charge is -2.06. The van der Waals surface area contributed by atoms with Gasteiger partial charge < -0.3 is 5.32 Å². The standard InChI is InChI=1S/C27H35N5O3S2/c1-2-3-4-5-6-7-8-9-10-11-26(33)29-22-12-14-23(15-13-22)30-31-24-16-18-25(19-17-24)37(34,35)32-27-28-20-21-36-27/h12-21H,2-11H2,1H3,(H,28,32)(H,29,33). The number of carbonyl (C=O) groups excluding carboxylic acids is 1. The molecule has 0 aliphatic heterocycles. The Kier molecular flexibility index (Phi) is 11.7. The number of carbonyl (C=O) groups is 1. The zero-order valence-corrected chi connectivity index (χ0v) is 22.9. The van der Waals surface area contributed by atoms with E-state index in [1.807, 2.05) is 0 Å². The van der Waals surface area contributed by atoms with Gasteiger partial charge in [0.15, 0.2) is 5.13 Å². The predicted octanol–water partition coefficient (Wildman–Crippen LogP) is 8.22. The molecule has 0 fully saturated rings. The molecule has 0 radical (unpaired) electrons. The maximum Gasteiger partial charge on any atom is 0.263 e. The Morgan fingerprint density at radius 3 is 1.97 bits per heavy atom. The van der Waals surface area contributed by atoms with E-state index < -0.39 is 10.0 Å². The molecule has 10 heteroatoms. The Labute approximate surface area is 223 Å². The maximum absolute atomic E-state index is 12.4. The van der Waals surface area contributed by atoms with E-state index in [1.165, 1.54) is 74.6 Å². The third-order valence-electron chi connectivity index (χ3n) is 5.74. The normalized spacial score (nSPS) is 11.6. The van der Waals surface area contributed by atoms with Crippen molar-refractivity contribution in [3.8, 4) is 0 Å². The molecule has 1 aromatic heterocycles. The van der Waals surface area contributed by atoms with E-state index >= 15 is 0 Å². The van der Waals surface area contributed by atoms with Crippen molar-refractivity contribution in [2.75, 3.05) is 10.0 Å². The van der Waals surface area contributed by atoms with Gasteiger partial charge in [-0.2, -0.15) is 10.2 Å². The molecular weight excluding hydrogens is 506 g/mol. The van der Waals surface area contributed by atoms with Gasteiger partial charge in [0.2, 0.25) is 5.91 Å². The molecule has 3 aromatic rings. The summed E-state index contributed by atoms with van der Waals surface area (Å²) in [6, 6.07) is 13.2. The van der Waals surface area contributed by atoms with Gasteiger partial charge in [0, 0.05) is 23.7 Å². The van der Waals surface area contributed by atoms with E-state index in [2.05, 4.69) is 32.2 Å². The van der Waals surface area contributed by atoms with Crippen LogP contribution in [0.1, 0.15) is 71.1 Å². The van der Waals surface area contributed by atoms with Crippen LogP contribution in [0.2, 0.25) is 0 Å². The highest BCUT2D eigenvalue weighted by Gasteiger charge is 2.15. The molecule has 2 aromatic carbocycles. The summed E-state index contributed by atoms with van der Waals surface area (Å²) in [5.74, 6) is 0.0247. The zero-order chi connectivity index (χ0) is 26.3. The van der Waals surface area contributed by atoms with Gasteiger partial charge in [-0.25, -0.2) is 13.4 Å². The first-order valence-corrected chi connectivity index (χ1v) is 15.2. The minimum atomic E-state index is -3.71. The molecule has 0 aliphatic rings. The molecule has 0 spiro atoms. The van der Waals surface area contributed by atoms with Gasteiger partial charge in [0.25, 0.3) is 10.0 Å². The average Bonchev–Trinajstić information content (AvgIpc) is 3.40. The van der Waals surface area contributed by atoms with Gasteiger partial charge in [-0.1, -0.05) is 58.3 Å². The summed E-state index contributed by atoms with van der Waals surface area (Å²) < 4.78 is 27.3. The van der Waals surface area contributed by atoms with Gasteiger partial charge in [-0.15, -0.1) is 11.3 Å². The molecule has 0 saturated heterocycles. The Morgan fingerprint density at radius 1 is 0.838 bits per heavy atom. The number of nitrogens with zero attached hydrogens (tertiary/aromatic N) is 3. The number of thiazole rings is 1. The minimum absolute atomic E-state index is 0.0247. The summed E-state index contributed by atoms with van der Waals surface area (Å²) in [7, 11) is -3.71. The second kappa shape index (κ2) is 15.2. The molecule has 198 valence electrons. The largest absolute Gasteiger partial charge is 0.326 e. The summed E-state index contributed by atoms with van der Waals surface area (Å²) >= 11 is 1.21. The second-order valence-electron chi connectivity index (χ2n) is 8.81. The van der Waals surface area contributed by atoms with Crippen LogP contribution in [0.15, 0.2) is 75.2 Å². The second-order valence-corrected chi connectivity index (χ2v) is 11.4. The summed E-state index contributed by atoms with van der Waals surface area (Å²) in [5, 5.41) is 13.3. The number of unbranched alkanes of at least 4 members (excludes halogenated alkanes) is 8. The van der Waals surface area contributed by atoms with Crippen molar-refractivity contribution in [1.82, 2.24) is 4.98 Å². The quantitative estimate of drug-likeness (QED) is 0.140. The fraction of sp³-hybridized carbons (Fsp3) is 0.407. The molecule has 0 unspecified atom stereocenters. The number of nitrogens with one attached hydrogen (secondary N) is 2. The molecule has 0 saturated carbocycles.